The van der Waals surface area contributed by atoms with Gasteiger partial charge in [-0.2, -0.15) is 0 Å². The molecule has 0 unspecified atom stereocenters. The summed E-state index contributed by atoms with van der Waals surface area (Å²) in [6, 6.07) is 13.0. The quantitative estimate of drug-likeness (QED) is 0.594. The molecule has 1 aliphatic rings. The van der Waals surface area contributed by atoms with Gasteiger partial charge in [0, 0.05) is 24.4 Å². The lowest BCUT2D eigenvalue weighted by Crippen LogP contribution is -2.29. The highest BCUT2D eigenvalue weighted by Gasteiger charge is 2.30. The van der Waals surface area contributed by atoms with E-state index in [0.29, 0.717) is 10.7 Å². The first-order valence-electron chi connectivity index (χ1n) is 8.59. The van der Waals surface area contributed by atoms with Crippen LogP contribution in [0.3, 0.4) is 0 Å². The first kappa shape index (κ1) is 19.6. The summed E-state index contributed by atoms with van der Waals surface area (Å²) >= 11 is 6.01. The number of nitrogens with zero attached hydrogens (tertiary/aromatic N) is 1. The van der Waals surface area contributed by atoms with Gasteiger partial charge in [0.25, 0.3) is 5.91 Å². The van der Waals surface area contributed by atoms with Gasteiger partial charge in [-0.25, -0.2) is 4.79 Å². The molecule has 0 aliphatic carbocycles. The number of nitrogens with one attached hydrogen (secondary N) is 1. The van der Waals surface area contributed by atoms with Gasteiger partial charge in [0.1, 0.15) is 0 Å². The molecule has 3 rings (SSSR count). The average molecular weight is 401 g/mol. The summed E-state index contributed by atoms with van der Waals surface area (Å²) in [6.45, 7) is -0.212. The number of hydrogen-bond donors (Lipinski definition) is 1. The maximum Gasteiger partial charge on any atom is 0.338 e. The van der Waals surface area contributed by atoms with Crippen LogP contribution >= 0.6 is 11.6 Å². The summed E-state index contributed by atoms with van der Waals surface area (Å²) in [5, 5.41) is 3.16. The first-order valence-corrected chi connectivity index (χ1v) is 8.96. The molecule has 2 aromatic carbocycles. The average Bonchev–Trinajstić information content (AvgIpc) is 3.04. The smallest absolute Gasteiger partial charge is 0.338 e. The number of benzene rings is 2. The van der Waals surface area contributed by atoms with Crippen LogP contribution in [0.1, 0.15) is 28.8 Å². The van der Waals surface area contributed by atoms with E-state index < -0.39 is 18.5 Å². The summed E-state index contributed by atoms with van der Waals surface area (Å²) in [4.78, 5) is 48.5. The number of amides is 3. The number of hydrogen-bond acceptors (Lipinski definition) is 5. The van der Waals surface area contributed by atoms with Crippen LogP contribution in [-0.2, 0) is 25.7 Å². The summed E-state index contributed by atoms with van der Waals surface area (Å²) in [5.74, 6) is -1.68. The minimum Gasteiger partial charge on any atom is -0.452 e. The van der Waals surface area contributed by atoms with Gasteiger partial charge in [0.15, 0.2) is 6.61 Å². The maximum atomic E-state index is 12.1. The number of rotatable bonds is 6. The van der Waals surface area contributed by atoms with Gasteiger partial charge in [-0.1, -0.05) is 29.8 Å². The van der Waals surface area contributed by atoms with Crippen molar-refractivity contribution in [2.24, 2.45) is 0 Å². The van der Waals surface area contributed by atoms with E-state index in [4.69, 9.17) is 16.3 Å². The molecule has 28 heavy (non-hydrogen) atoms. The molecule has 1 N–H and O–H groups in total. The van der Waals surface area contributed by atoms with Crippen LogP contribution in [0, 0.1) is 0 Å². The Morgan fingerprint density at radius 2 is 1.64 bits per heavy atom. The van der Waals surface area contributed by atoms with Gasteiger partial charge in [-0.05, 0) is 35.9 Å². The number of esters is 1. The number of carbonyl (C=O) groups is 4. The van der Waals surface area contributed by atoms with E-state index in [0.717, 1.165) is 10.5 Å². The molecule has 1 fully saturated rings. The van der Waals surface area contributed by atoms with Gasteiger partial charge in [-0.15, -0.1) is 0 Å². The second-order valence-corrected chi connectivity index (χ2v) is 6.52. The number of ether oxygens (including phenoxy) is 1. The van der Waals surface area contributed by atoms with Crippen LogP contribution < -0.4 is 10.2 Å². The van der Waals surface area contributed by atoms with E-state index in [1.165, 1.54) is 24.3 Å². The van der Waals surface area contributed by atoms with E-state index in [1.54, 1.807) is 24.3 Å². The molecule has 3 amide bonds. The highest BCUT2D eigenvalue weighted by molar-refractivity contribution is 6.31. The van der Waals surface area contributed by atoms with Crippen molar-refractivity contribution in [2.75, 3.05) is 11.5 Å². The summed E-state index contributed by atoms with van der Waals surface area (Å²) in [5.41, 5.74) is 1.37. The molecule has 0 atom stereocenters. The molecule has 7 nitrogen and oxygen atoms in total. The zero-order valence-corrected chi connectivity index (χ0v) is 15.6. The lowest BCUT2D eigenvalue weighted by atomic mass is 10.2. The number of anilines is 1. The van der Waals surface area contributed by atoms with E-state index in [-0.39, 0.29) is 36.8 Å². The van der Waals surface area contributed by atoms with Crippen molar-refractivity contribution in [1.29, 1.82) is 0 Å². The molecule has 0 spiro atoms. The van der Waals surface area contributed by atoms with E-state index in [1.807, 2.05) is 0 Å². The Morgan fingerprint density at radius 3 is 2.29 bits per heavy atom. The Kier molecular flexibility index (Phi) is 6.06. The molecule has 1 heterocycles. The van der Waals surface area contributed by atoms with Gasteiger partial charge in [-0.3, -0.25) is 19.3 Å². The van der Waals surface area contributed by atoms with Crippen molar-refractivity contribution >= 4 is 41.0 Å². The zero-order chi connectivity index (χ0) is 20.1. The molecule has 2 aromatic rings. The molecule has 1 aliphatic heterocycles. The summed E-state index contributed by atoms with van der Waals surface area (Å²) < 4.78 is 4.98. The van der Waals surface area contributed by atoms with Crippen molar-refractivity contribution < 1.29 is 23.9 Å². The molecule has 8 heteroatoms. The predicted molar refractivity (Wildman–Crippen MR) is 102 cm³/mol. The van der Waals surface area contributed by atoms with Gasteiger partial charge in [0.2, 0.25) is 11.8 Å². The van der Waals surface area contributed by atoms with Crippen molar-refractivity contribution in [3.05, 3.63) is 64.7 Å². The fourth-order valence-corrected chi connectivity index (χ4v) is 2.91. The van der Waals surface area contributed by atoms with Crippen molar-refractivity contribution in [1.82, 2.24) is 5.32 Å². The third-order valence-electron chi connectivity index (χ3n) is 4.18. The maximum absolute atomic E-state index is 12.1. The molecule has 0 bridgehead atoms. The minimum absolute atomic E-state index is 0.186. The van der Waals surface area contributed by atoms with E-state index >= 15 is 0 Å². The van der Waals surface area contributed by atoms with E-state index in [2.05, 4.69) is 5.32 Å². The Bertz CT molecular complexity index is 910. The minimum atomic E-state index is -0.682. The summed E-state index contributed by atoms with van der Waals surface area (Å²) in [7, 11) is 0. The fourth-order valence-electron chi connectivity index (χ4n) is 2.71. The lowest BCUT2D eigenvalue weighted by Gasteiger charge is -2.14. The molecule has 144 valence electrons. The Morgan fingerprint density at radius 1 is 1.00 bits per heavy atom. The highest BCUT2D eigenvalue weighted by atomic mass is 35.5. The molecule has 0 aromatic heterocycles. The first-order chi connectivity index (χ1) is 13.5. The number of imide groups is 1. The molecular weight excluding hydrogens is 384 g/mol. The van der Waals surface area contributed by atoms with Crippen LogP contribution in [0.25, 0.3) is 0 Å². The van der Waals surface area contributed by atoms with Gasteiger partial charge in [0.05, 0.1) is 11.3 Å². The summed E-state index contributed by atoms with van der Waals surface area (Å²) in [6.07, 6.45) is 0.373. The van der Waals surface area contributed by atoms with Gasteiger partial charge >= 0.3 is 5.97 Å². The van der Waals surface area contributed by atoms with Crippen molar-refractivity contribution in [3.8, 4) is 0 Å². The third kappa shape index (κ3) is 4.55. The van der Waals surface area contributed by atoms with Crippen molar-refractivity contribution in [2.45, 2.75) is 19.4 Å². The number of halogens is 1. The fraction of sp³-hybridized carbons (Fsp3) is 0.200. The highest BCUT2D eigenvalue weighted by Crippen LogP contribution is 2.23. The molecular formula is C20H17ClN2O5. The number of carbonyl (C=O) groups excluding carboxylic acids is 4. The van der Waals surface area contributed by atoms with Gasteiger partial charge < -0.3 is 10.1 Å². The van der Waals surface area contributed by atoms with Crippen LogP contribution in [0.15, 0.2) is 48.5 Å². The largest absolute Gasteiger partial charge is 0.452 e. The van der Waals surface area contributed by atoms with Crippen LogP contribution in [0.2, 0.25) is 5.02 Å². The second kappa shape index (κ2) is 8.67. The monoisotopic (exact) mass is 400 g/mol. The van der Waals surface area contributed by atoms with Crippen molar-refractivity contribution in [3.63, 3.8) is 0 Å². The van der Waals surface area contributed by atoms with Crippen LogP contribution in [-0.4, -0.2) is 30.3 Å². The Labute approximate surface area is 166 Å². The third-order valence-corrected chi connectivity index (χ3v) is 4.55. The Hall–Kier alpha value is -3.19. The van der Waals surface area contributed by atoms with Crippen LogP contribution in [0.4, 0.5) is 5.69 Å². The predicted octanol–water partition coefficient (Wildman–Crippen LogP) is 2.47. The van der Waals surface area contributed by atoms with E-state index in [9.17, 15) is 19.2 Å². The molecule has 0 radical (unpaired) electrons. The zero-order valence-electron chi connectivity index (χ0n) is 14.8. The normalized spacial score (nSPS) is 13.5. The molecule has 1 saturated heterocycles. The SMILES string of the molecule is O=C(COC(=O)c1ccc(N2C(=O)CCC2=O)cc1)NCc1ccccc1Cl. The second-order valence-electron chi connectivity index (χ2n) is 6.11. The standard InChI is InChI=1S/C20H17ClN2O5/c21-16-4-2-1-3-14(16)11-22-17(24)12-28-20(27)13-5-7-15(8-6-13)23-18(25)9-10-19(23)26/h1-8H,9-12H2,(H,22,24). The Balaban J connectivity index is 1.50. The van der Waals surface area contributed by atoms with Crippen LogP contribution in [0.5, 0.6) is 0 Å². The topological polar surface area (TPSA) is 92.8 Å². The molecule has 0 saturated carbocycles. The lowest BCUT2D eigenvalue weighted by molar-refractivity contribution is -0.124.